The standard InChI is InChI=1S/C36H37N3O4S/c1-5-33(36(42)38-30-21-24(3)19-20-25(30)4)44-29-17-12-16-28(23-29)37-35(41)31(39-34(40)26-13-8-7-9-14-26)22-27-15-10-11-18-32(27)43-6-2/h7-23,33H,5-6H2,1-4H3,(H,37,41)(H,38,42)(H,39,40)/b31-22+. The summed E-state index contributed by atoms with van der Waals surface area (Å²) in [7, 11) is 0. The number of amides is 3. The summed E-state index contributed by atoms with van der Waals surface area (Å²) in [5.41, 5.74) is 4.54. The number of nitrogens with one attached hydrogen (secondary N) is 3. The number of carbonyl (C=O) groups is 3. The predicted molar refractivity (Wildman–Crippen MR) is 179 cm³/mol. The summed E-state index contributed by atoms with van der Waals surface area (Å²) in [6, 6.07) is 29.3. The third-order valence-electron chi connectivity index (χ3n) is 6.73. The molecule has 3 N–H and O–H groups in total. The molecule has 0 fully saturated rings. The van der Waals surface area contributed by atoms with Crippen LogP contribution in [0.1, 0.15) is 47.3 Å². The monoisotopic (exact) mass is 607 g/mol. The number of anilines is 2. The minimum Gasteiger partial charge on any atom is -0.493 e. The molecule has 0 aliphatic carbocycles. The van der Waals surface area contributed by atoms with Crippen molar-refractivity contribution in [1.29, 1.82) is 0 Å². The maximum absolute atomic E-state index is 13.6. The normalized spacial score (nSPS) is 11.8. The quantitative estimate of drug-likeness (QED) is 0.114. The molecular formula is C36H37N3O4S. The van der Waals surface area contributed by atoms with Crippen LogP contribution >= 0.6 is 11.8 Å². The molecule has 0 saturated carbocycles. The molecule has 0 radical (unpaired) electrons. The van der Waals surface area contributed by atoms with Crippen LogP contribution in [0.5, 0.6) is 5.75 Å². The smallest absolute Gasteiger partial charge is 0.272 e. The van der Waals surface area contributed by atoms with Gasteiger partial charge in [0.2, 0.25) is 5.91 Å². The van der Waals surface area contributed by atoms with Gasteiger partial charge in [-0.15, -0.1) is 11.8 Å². The largest absolute Gasteiger partial charge is 0.493 e. The van der Waals surface area contributed by atoms with E-state index in [0.29, 0.717) is 35.6 Å². The SMILES string of the molecule is CCOc1ccccc1/C=C(/NC(=O)c1ccccc1)C(=O)Nc1cccc(SC(CC)C(=O)Nc2cc(C)ccc2C)c1. The van der Waals surface area contributed by atoms with Crippen molar-refractivity contribution in [2.24, 2.45) is 0 Å². The van der Waals surface area contributed by atoms with E-state index in [1.54, 1.807) is 36.4 Å². The van der Waals surface area contributed by atoms with Crippen LogP contribution in [0.4, 0.5) is 11.4 Å². The van der Waals surface area contributed by atoms with Crippen LogP contribution in [0, 0.1) is 13.8 Å². The van der Waals surface area contributed by atoms with Crippen LogP contribution < -0.4 is 20.7 Å². The van der Waals surface area contributed by atoms with Gasteiger partial charge >= 0.3 is 0 Å². The summed E-state index contributed by atoms with van der Waals surface area (Å²) in [4.78, 5) is 40.7. The van der Waals surface area contributed by atoms with Crippen molar-refractivity contribution >= 4 is 46.9 Å². The molecule has 3 amide bonds. The molecule has 4 rings (SSSR count). The number of carbonyl (C=O) groups excluding carboxylic acids is 3. The Kier molecular flexibility index (Phi) is 11.4. The second-order valence-corrected chi connectivity index (χ2v) is 11.4. The Morgan fingerprint density at radius 1 is 0.841 bits per heavy atom. The molecule has 1 atom stereocenters. The van der Waals surface area contributed by atoms with Gasteiger partial charge in [0.15, 0.2) is 0 Å². The third-order valence-corrected chi connectivity index (χ3v) is 8.09. The first-order chi connectivity index (χ1) is 21.3. The second kappa shape index (κ2) is 15.6. The highest BCUT2D eigenvalue weighted by Gasteiger charge is 2.20. The first-order valence-electron chi connectivity index (χ1n) is 14.5. The van der Waals surface area contributed by atoms with Gasteiger partial charge in [0, 0.05) is 27.4 Å². The van der Waals surface area contributed by atoms with Gasteiger partial charge in [0.25, 0.3) is 11.8 Å². The van der Waals surface area contributed by atoms with E-state index >= 15 is 0 Å². The van der Waals surface area contributed by atoms with Gasteiger partial charge in [-0.3, -0.25) is 14.4 Å². The van der Waals surface area contributed by atoms with Crippen LogP contribution in [0.2, 0.25) is 0 Å². The molecule has 226 valence electrons. The van der Waals surface area contributed by atoms with Crippen LogP contribution in [-0.2, 0) is 9.59 Å². The number of thioether (sulfide) groups is 1. The fraction of sp³-hybridized carbons (Fsp3) is 0.194. The number of para-hydroxylation sites is 1. The van der Waals surface area contributed by atoms with E-state index in [-0.39, 0.29) is 16.9 Å². The van der Waals surface area contributed by atoms with Gasteiger partial charge in [-0.05, 0) is 86.9 Å². The molecule has 8 heteroatoms. The molecule has 4 aromatic rings. The van der Waals surface area contributed by atoms with Gasteiger partial charge in [-0.25, -0.2) is 0 Å². The Hall–Kier alpha value is -4.82. The number of aryl methyl sites for hydroxylation is 2. The lowest BCUT2D eigenvalue weighted by molar-refractivity contribution is -0.116. The molecule has 0 aromatic heterocycles. The van der Waals surface area contributed by atoms with E-state index in [4.69, 9.17) is 4.74 Å². The highest BCUT2D eigenvalue weighted by molar-refractivity contribution is 8.00. The Morgan fingerprint density at radius 2 is 1.59 bits per heavy atom. The lowest BCUT2D eigenvalue weighted by Gasteiger charge is -2.17. The fourth-order valence-corrected chi connectivity index (χ4v) is 5.41. The van der Waals surface area contributed by atoms with Crippen LogP contribution in [0.3, 0.4) is 0 Å². The van der Waals surface area contributed by atoms with Crippen molar-refractivity contribution in [3.05, 3.63) is 125 Å². The molecule has 0 aliphatic heterocycles. The van der Waals surface area contributed by atoms with E-state index in [9.17, 15) is 14.4 Å². The second-order valence-electron chi connectivity index (χ2n) is 10.2. The minimum absolute atomic E-state index is 0.0587. The Bertz CT molecular complexity index is 1650. The van der Waals surface area contributed by atoms with Gasteiger partial charge in [-0.2, -0.15) is 0 Å². The van der Waals surface area contributed by atoms with Gasteiger partial charge < -0.3 is 20.7 Å². The third kappa shape index (κ3) is 8.84. The van der Waals surface area contributed by atoms with Crippen molar-refractivity contribution in [3.63, 3.8) is 0 Å². The summed E-state index contributed by atoms with van der Waals surface area (Å²) < 4.78 is 5.73. The summed E-state index contributed by atoms with van der Waals surface area (Å²) in [5, 5.41) is 8.41. The Morgan fingerprint density at radius 3 is 2.34 bits per heavy atom. The highest BCUT2D eigenvalue weighted by atomic mass is 32.2. The van der Waals surface area contributed by atoms with Gasteiger partial charge in [0.1, 0.15) is 11.4 Å². The van der Waals surface area contributed by atoms with Crippen molar-refractivity contribution in [1.82, 2.24) is 5.32 Å². The van der Waals surface area contributed by atoms with E-state index < -0.39 is 11.8 Å². The number of hydrogen-bond donors (Lipinski definition) is 3. The molecule has 0 bridgehead atoms. The van der Waals surface area contributed by atoms with Crippen molar-refractivity contribution in [3.8, 4) is 5.75 Å². The maximum Gasteiger partial charge on any atom is 0.272 e. The first-order valence-corrected chi connectivity index (χ1v) is 15.4. The van der Waals surface area contributed by atoms with E-state index in [0.717, 1.165) is 21.7 Å². The Balaban J connectivity index is 1.54. The summed E-state index contributed by atoms with van der Waals surface area (Å²) >= 11 is 1.43. The predicted octanol–water partition coefficient (Wildman–Crippen LogP) is 7.62. The molecular weight excluding hydrogens is 570 g/mol. The van der Waals surface area contributed by atoms with Crippen LogP contribution in [0.15, 0.2) is 108 Å². The van der Waals surface area contributed by atoms with E-state index in [2.05, 4.69) is 16.0 Å². The number of ether oxygens (including phenoxy) is 1. The summed E-state index contributed by atoms with van der Waals surface area (Å²) in [5.74, 6) is -0.395. The number of benzene rings is 4. The molecule has 7 nitrogen and oxygen atoms in total. The van der Waals surface area contributed by atoms with Crippen LogP contribution in [-0.4, -0.2) is 29.6 Å². The lowest BCUT2D eigenvalue weighted by atomic mass is 10.1. The molecule has 1 unspecified atom stereocenters. The Labute approximate surface area is 263 Å². The summed E-state index contributed by atoms with van der Waals surface area (Å²) in [6.07, 6.45) is 2.22. The van der Waals surface area contributed by atoms with Crippen molar-refractivity contribution in [2.75, 3.05) is 17.2 Å². The molecule has 0 aliphatic rings. The molecule has 0 spiro atoms. The lowest BCUT2D eigenvalue weighted by Crippen LogP contribution is -2.30. The van der Waals surface area contributed by atoms with Crippen LogP contribution in [0.25, 0.3) is 6.08 Å². The highest BCUT2D eigenvalue weighted by Crippen LogP contribution is 2.29. The zero-order valence-electron chi connectivity index (χ0n) is 25.3. The molecule has 0 saturated heterocycles. The fourth-order valence-electron chi connectivity index (χ4n) is 4.40. The number of rotatable bonds is 12. The minimum atomic E-state index is -0.498. The molecule has 44 heavy (non-hydrogen) atoms. The molecule has 4 aromatic carbocycles. The zero-order chi connectivity index (χ0) is 31.5. The van der Waals surface area contributed by atoms with E-state index in [1.807, 2.05) is 94.4 Å². The van der Waals surface area contributed by atoms with Crippen molar-refractivity contribution in [2.45, 2.75) is 44.3 Å². The first kappa shape index (κ1) is 32.1. The molecule has 0 heterocycles. The van der Waals surface area contributed by atoms with Crippen molar-refractivity contribution < 1.29 is 19.1 Å². The average Bonchev–Trinajstić information content (AvgIpc) is 3.02. The van der Waals surface area contributed by atoms with E-state index in [1.165, 1.54) is 11.8 Å². The van der Waals surface area contributed by atoms with Gasteiger partial charge in [-0.1, -0.05) is 61.5 Å². The zero-order valence-corrected chi connectivity index (χ0v) is 26.2. The summed E-state index contributed by atoms with van der Waals surface area (Å²) in [6.45, 7) is 8.27. The van der Waals surface area contributed by atoms with Gasteiger partial charge in [0.05, 0.1) is 11.9 Å². The topological polar surface area (TPSA) is 96.5 Å². The average molecular weight is 608 g/mol. The number of hydrogen-bond acceptors (Lipinski definition) is 5. The maximum atomic E-state index is 13.6.